The Balaban J connectivity index is 0.901. The van der Waals surface area contributed by atoms with Crippen molar-refractivity contribution in [3.8, 4) is 11.1 Å². The van der Waals surface area contributed by atoms with E-state index < -0.39 is 6.67 Å². The van der Waals surface area contributed by atoms with Crippen molar-refractivity contribution in [3.63, 3.8) is 0 Å². The molecule has 0 radical (unpaired) electrons. The smallest absolute Gasteiger partial charge is 0.225 e. The maximum Gasteiger partial charge on any atom is 0.225 e. The standard InChI is InChI=1S/C60H61FN8OS2/c1-38(2)47-20-10-11-21-50(47)65-58-48-31-39(3)25-29-51(48)66-60(69-58)63-36-44-16-6-13-23-54(44)72-56-33-41(26-27-42(56)34-61)40-28-30-52-49(32-40)57(64-46-18-8-9-19-46)68-59(67-52)62-35-43-15-5-12-22-53(43)71-55-24-14-7-17-45(55)37-70-4/h5-7,10-17,20-24,26-33,38-39,46H,8-9,18-19,25,34-37H2,1-4H3,(H2,62,64,67,68)(H2,63,65,66,69). The van der Waals surface area contributed by atoms with Crippen LogP contribution in [0.4, 0.5) is 33.6 Å². The molecule has 8 aromatic rings. The van der Waals surface area contributed by atoms with Gasteiger partial charge < -0.3 is 26.0 Å². The average Bonchev–Trinajstić information content (AvgIpc) is 3.92. The van der Waals surface area contributed by atoms with E-state index in [-0.39, 0.29) is 0 Å². The molecule has 0 amide bonds. The van der Waals surface area contributed by atoms with E-state index in [4.69, 9.17) is 24.7 Å². The van der Waals surface area contributed by atoms with Crippen molar-refractivity contribution in [3.05, 3.63) is 172 Å². The summed E-state index contributed by atoms with van der Waals surface area (Å²) in [6, 6.07) is 46.3. The van der Waals surface area contributed by atoms with Gasteiger partial charge in [-0.3, -0.25) is 0 Å². The minimum atomic E-state index is -0.574. The molecule has 1 saturated carbocycles. The van der Waals surface area contributed by atoms with Crippen LogP contribution in [-0.2, 0) is 31.1 Å². The van der Waals surface area contributed by atoms with E-state index in [0.717, 1.165) is 95.7 Å². The zero-order valence-corrected chi connectivity index (χ0v) is 43.0. The summed E-state index contributed by atoms with van der Waals surface area (Å²) in [5, 5.41) is 17.5. The van der Waals surface area contributed by atoms with Crippen LogP contribution in [0.15, 0.2) is 153 Å². The van der Waals surface area contributed by atoms with E-state index in [1.54, 1.807) is 30.6 Å². The molecule has 2 aromatic heterocycles. The molecule has 10 rings (SSSR count). The summed E-state index contributed by atoms with van der Waals surface area (Å²) in [4.78, 5) is 24.5. The van der Waals surface area contributed by atoms with Crippen molar-refractivity contribution in [2.24, 2.45) is 5.92 Å². The van der Waals surface area contributed by atoms with Crippen molar-refractivity contribution in [2.45, 2.75) is 111 Å². The van der Waals surface area contributed by atoms with Gasteiger partial charge in [0.05, 0.1) is 17.5 Å². The van der Waals surface area contributed by atoms with Gasteiger partial charge in [-0.25, -0.2) is 14.4 Å². The van der Waals surface area contributed by atoms with Crippen LogP contribution >= 0.6 is 23.5 Å². The topological polar surface area (TPSA) is 109 Å². The Labute approximate surface area is 430 Å². The molecule has 2 heterocycles. The molecule has 0 bridgehead atoms. The first-order valence-electron chi connectivity index (χ1n) is 25.1. The number of para-hydroxylation sites is 1. The molecule has 12 heteroatoms. The maximum atomic E-state index is 14.9. The fourth-order valence-electron chi connectivity index (χ4n) is 9.54. The van der Waals surface area contributed by atoms with E-state index in [1.165, 1.54) is 28.2 Å². The highest BCUT2D eigenvalue weighted by Crippen LogP contribution is 2.39. The zero-order valence-electron chi connectivity index (χ0n) is 41.3. The third kappa shape index (κ3) is 11.5. The minimum Gasteiger partial charge on any atom is -0.380 e. The lowest BCUT2D eigenvalue weighted by molar-refractivity contribution is 0.183. The van der Waals surface area contributed by atoms with Crippen LogP contribution in [0.2, 0.25) is 0 Å². The van der Waals surface area contributed by atoms with E-state index >= 15 is 0 Å². The molecule has 4 N–H and O–H groups in total. The summed E-state index contributed by atoms with van der Waals surface area (Å²) in [7, 11) is 1.73. The Hall–Kier alpha value is -6.73. The molecule has 6 aromatic carbocycles. The van der Waals surface area contributed by atoms with E-state index in [0.29, 0.717) is 55.0 Å². The highest BCUT2D eigenvalue weighted by molar-refractivity contribution is 7.99. The summed E-state index contributed by atoms with van der Waals surface area (Å²) < 4.78 is 20.3. The minimum absolute atomic E-state index is 0.343. The number of anilines is 5. The molecule has 366 valence electrons. The highest BCUT2D eigenvalue weighted by Gasteiger charge is 2.20. The predicted octanol–water partition coefficient (Wildman–Crippen LogP) is 14.1. The predicted molar refractivity (Wildman–Crippen MR) is 296 cm³/mol. The lowest BCUT2D eigenvalue weighted by Crippen LogP contribution is -2.36. The van der Waals surface area contributed by atoms with Crippen LogP contribution in [0, 0.1) is 5.92 Å². The Kier molecular flexibility index (Phi) is 15.5. The summed E-state index contributed by atoms with van der Waals surface area (Å²) >= 11 is 3.33. The van der Waals surface area contributed by atoms with Gasteiger partial charge in [0.25, 0.3) is 0 Å². The number of ether oxygens (including phenoxy) is 1. The number of benzene rings is 6. The summed E-state index contributed by atoms with van der Waals surface area (Å²) in [6.45, 7) is 7.67. The van der Waals surface area contributed by atoms with Crippen molar-refractivity contribution in [2.75, 3.05) is 28.4 Å². The molecule has 9 nitrogen and oxygen atoms in total. The second-order valence-corrected chi connectivity index (χ2v) is 21.2. The summed E-state index contributed by atoms with van der Waals surface area (Å²) in [5.74, 6) is 3.47. The Bertz CT molecular complexity index is 3340. The fourth-order valence-corrected chi connectivity index (χ4v) is 11.7. The molecule has 0 spiro atoms. The number of methoxy groups -OCH3 is 1. The number of halogens is 1. The van der Waals surface area contributed by atoms with Crippen molar-refractivity contribution >= 4 is 75.8 Å². The fraction of sp³-hybridized carbons (Fsp3) is 0.267. The van der Waals surface area contributed by atoms with Gasteiger partial charge in [-0.05, 0) is 113 Å². The van der Waals surface area contributed by atoms with E-state index in [2.05, 4.69) is 163 Å². The molecule has 1 atom stereocenters. The first-order chi connectivity index (χ1) is 35.3. The largest absolute Gasteiger partial charge is 0.380 e. The first kappa shape index (κ1) is 48.9. The quantitative estimate of drug-likeness (QED) is 0.0622. The third-order valence-corrected chi connectivity index (χ3v) is 15.9. The van der Waals surface area contributed by atoms with Gasteiger partial charge in [0.15, 0.2) is 0 Å². The number of rotatable bonds is 19. The van der Waals surface area contributed by atoms with Crippen molar-refractivity contribution in [1.29, 1.82) is 0 Å². The number of aromatic nitrogens is 4. The lowest BCUT2D eigenvalue weighted by atomic mass is 10.0. The molecule has 1 unspecified atom stereocenters. The summed E-state index contributed by atoms with van der Waals surface area (Å²) in [6.07, 6.45) is 10.0. The van der Waals surface area contributed by atoms with Gasteiger partial charge in [-0.2, -0.15) is 9.97 Å². The molecule has 1 fully saturated rings. The van der Waals surface area contributed by atoms with Crippen molar-refractivity contribution in [1.82, 2.24) is 19.9 Å². The molecule has 2 aliphatic rings. The van der Waals surface area contributed by atoms with Gasteiger partial charge in [-0.15, -0.1) is 0 Å². The molecule has 2 aliphatic carbocycles. The van der Waals surface area contributed by atoms with Crippen molar-refractivity contribution < 1.29 is 9.13 Å². The molecule has 0 aliphatic heterocycles. The van der Waals surface area contributed by atoms with Gasteiger partial charge in [0.1, 0.15) is 18.3 Å². The van der Waals surface area contributed by atoms with Gasteiger partial charge in [0.2, 0.25) is 11.9 Å². The van der Waals surface area contributed by atoms with Crippen LogP contribution in [0.1, 0.15) is 86.6 Å². The Morgan fingerprint density at radius 3 is 1.97 bits per heavy atom. The second kappa shape index (κ2) is 22.8. The van der Waals surface area contributed by atoms with Crippen LogP contribution in [0.25, 0.3) is 34.2 Å². The number of nitrogens with one attached hydrogen (secondary N) is 4. The lowest BCUT2D eigenvalue weighted by Gasteiger charge is -2.18. The summed E-state index contributed by atoms with van der Waals surface area (Å²) in [5.41, 5.74) is 9.15. The second-order valence-electron chi connectivity index (χ2n) is 19.0. The third-order valence-electron chi connectivity index (χ3n) is 13.4. The van der Waals surface area contributed by atoms with Crippen LogP contribution in [0.5, 0.6) is 0 Å². The average molecular weight is 993 g/mol. The van der Waals surface area contributed by atoms with Gasteiger partial charge >= 0.3 is 0 Å². The molecule has 72 heavy (non-hydrogen) atoms. The SMILES string of the molecule is COCc1ccccc1Sc1ccccc1CNc1nc(NC2CCCC2)c2cc(-c3ccc(CF)c(Sc4ccccc4CNc4nc(Nc5ccccc5C(C)C)c5c(n4)=CCC(C)C=5)c3)ccc2n1. The Morgan fingerprint density at radius 2 is 1.26 bits per heavy atom. The number of fused-ring (bicyclic) bond motifs is 2. The Morgan fingerprint density at radius 1 is 0.653 bits per heavy atom. The first-order valence-corrected chi connectivity index (χ1v) is 26.7. The molecule has 0 saturated heterocycles. The zero-order chi connectivity index (χ0) is 49.4. The number of alkyl halides is 1. The number of nitrogens with zero attached hydrogens (tertiary/aromatic N) is 4. The van der Waals surface area contributed by atoms with Gasteiger partial charge in [-0.1, -0.05) is 160 Å². The van der Waals surface area contributed by atoms with Crippen LogP contribution in [-0.4, -0.2) is 33.1 Å². The molecular formula is C60H61FN8OS2. The molecular weight excluding hydrogens is 932 g/mol. The van der Waals surface area contributed by atoms with E-state index in [1.807, 2.05) is 24.3 Å². The van der Waals surface area contributed by atoms with Crippen LogP contribution in [0.3, 0.4) is 0 Å². The number of hydrogen-bond donors (Lipinski definition) is 4. The van der Waals surface area contributed by atoms with Crippen LogP contribution < -0.4 is 31.8 Å². The van der Waals surface area contributed by atoms with Gasteiger partial charge in [0, 0.05) is 62.1 Å². The maximum absolute atomic E-state index is 14.9. The highest BCUT2D eigenvalue weighted by atomic mass is 32.2. The number of hydrogen-bond acceptors (Lipinski definition) is 11. The monoisotopic (exact) mass is 992 g/mol. The normalized spacial score (nSPS) is 14.4. The van der Waals surface area contributed by atoms with E-state index in [9.17, 15) is 4.39 Å².